The largest absolute Gasteiger partial charge is 0.488 e. The van der Waals surface area contributed by atoms with E-state index in [9.17, 15) is 0 Å². The summed E-state index contributed by atoms with van der Waals surface area (Å²) in [5.74, 6) is 1.66. The minimum absolute atomic E-state index is 0.545. The van der Waals surface area contributed by atoms with Crippen LogP contribution in [0.15, 0.2) is 40.9 Å². The normalized spacial score (nSPS) is 15.2. The summed E-state index contributed by atoms with van der Waals surface area (Å²) in [6.07, 6.45) is 4.68. The highest BCUT2D eigenvalue weighted by molar-refractivity contribution is 5.84. The van der Waals surface area contributed by atoms with E-state index in [1.165, 1.54) is 24.8 Å². The van der Waals surface area contributed by atoms with Gasteiger partial charge in [-0.1, -0.05) is 35.0 Å². The van der Waals surface area contributed by atoms with Gasteiger partial charge in [0.1, 0.15) is 12.4 Å². The van der Waals surface area contributed by atoms with Crippen LogP contribution in [0.4, 0.5) is 0 Å². The fourth-order valence-corrected chi connectivity index (χ4v) is 4.23. The van der Waals surface area contributed by atoms with Crippen LogP contribution in [0, 0.1) is 12.8 Å². The number of piperidine rings is 1. The Morgan fingerprint density at radius 1 is 1.10 bits per heavy atom. The van der Waals surface area contributed by atoms with Crippen molar-refractivity contribution in [1.82, 2.24) is 15.4 Å². The molecular weight excluding hydrogens is 374 g/mol. The smallest absolute Gasteiger partial charge is 0.175 e. The van der Waals surface area contributed by atoms with Gasteiger partial charge in [-0.2, -0.15) is 0 Å². The van der Waals surface area contributed by atoms with E-state index in [-0.39, 0.29) is 0 Å². The number of ether oxygens (including phenoxy) is 1. The summed E-state index contributed by atoms with van der Waals surface area (Å²) < 4.78 is 12.1. The Labute approximate surface area is 179 Å². The fourth-order valence-electron chi connectivity index (χ4n) is 4.23. The summed E-state index contributed by atoms with van der Waals surface area (Å²) in [6, 6.07) is 12.7. The maximum Gasteiger partial charge on any atom is 0.175 e. The number of rotatable bonds is 8. The molecule has 0 unspecified atom stereocenters. The highest BCUT2D eigenvalue weighted by Gasteiger charge is 2.19. The van der Waals surface area contributed by atoms with Crippen LogP contribution in [0.2, 0.25) is 0 Å². The van der Waals surface area contributed by atoms with Gasteiger partial charge in [0.25, 0.3) is 0 Å². The van der Waals surface area contributed by atoms with Gasteiger partial charge >= 0.3 is 0 Å². The van der Waals surface area contributed by atoms with E-state index >= 15 is 0 Å². The van der Waals surface area contributed by atoms with E-state index < -0.39 is 0 Å². The van der Waals surface area contributed by atoms with Crippen LogP contribution in [-0.4, -0.2) is 37.2 Å². The van der Waals surface area contributed by atoms with Crippen molar-refractivity contribution in [2.75, 3.05) is 27.2 Å². The lowest BCUT2D eigenvalue weighted by Crippen LogP contribution is -2.27. The molecule has 1 fully saturated rings. The van der Waals surface area contributed by atoms with Crippen LogP contribution in [0.3, 0.4) is 0 Å². The molecule has 5 nitrogen and oxygen atoms in total. The third-order valence-corrected chi connectivity index (χ3v) is 6.01. The Bertz CT molecular complexity index is 956. The van der Waals surface area contributed by atoms with Crippen LogP contribution < -0.4 is 10.1 Å². The van der Waals surface area contributed by atoms with Gasteiger partial charge in [0.05, 0.1) is 11.3 Å². The fraction of sp³-hybridized carbons (Fsp3) is 0.480. The number of aryl methyl sites for hydroxylation is 2. The van der Waals surface area contributed by atoms with Crippen molar-refractivity contribution < 1.29 is 9.26 Å². The third-order valence-electron chi connectivity index (χ3n) is 6.01. The topological polar surface area (TPSA) is 50.5 Å². The molecule has 4 rings (SSSR count). The molecule has 1 N–H and O–H groups in total. The number of hydrogen-bond donors (Lipinski definition) is 1. The molecule has 1 saturated heterocycles. The van der Waals surface area contributed by atoms with Gasteiger partial charge in [-0.15, -0.1) is 0 Å². The lowest BCUT2D eigenvalue weighted by atomic mass is 9.92. The molecule has 1 aliphatic heterocycles. The monoisotopic (exact) mass is 407 g/mol. The van der Waals surface area contributed by atoms with Gasteiger partial charge < -0.3 is 19.5 Å². The molecule has 0 amide bonds. The number of nitrogens with zero attached hydrogens (tertiary/aromatic N) is 2. The number of nitrogens with one attached hydrogen (secondary N) is 1. The van der Waals surface area contributed by atoms with Crippen molar-refractivity contribution in [2.45, 2.75) is 45.8 Å². The molecule has 5 heteroatoms. The summed E-state index contributed by atoms with van der Waals surface area (Å²) in [5.41, 5.74) is 5.44. The number of hydrogen-bond acceptors (Lipinski definition) is 5. The van der Waals surface area contributed by atoms with Gasteiger partial charge in [0.15, 0.2) is 5.58 Å². The molecule has 160 valence electrons. The van der Waals surface area contributed by atoms with Crippen molar-refractivity contribution in [3.05, 3.63) is 58.8 Å². The predicted octanol–water partition coefficient (Wildman–Crippen LogP) is 4.71. The lowest BCUT2D eigenvalue weighted by molar-refractivity contribution is 0.294. The molecule has 1 aromatic heterocycles. The molecule has 0 aliphatic carbocycles. The Kier molecular flexibility index (Phi) is 6.70. The highest BCUT2D eigenvalue weighted by Crippen LogP contribution is 2.32. The zero-order valence-corrected chi connectivity index (χ0v) is 18.4. The van der Waals surface area contributed by atoms with Gasteiger partial charge in [-0.3, -0.25) is 0 Å². The second-order valence-corrected chi connectivity index (χ2v) is 8.79. The minimum atomic E-state index is 0.545. The predicted molar refractivity (Wildman–Crippen MR) is 121 cm³/mol. The van der Waals surface area contributed by atoms with Crippen molar-refractivity contribution in [3.63, 3.8) is 0 Å². The quantitative estimate of drug-likeness (QED) is 0.586. The van der Waals surface area contributed by atoms with Crippen molar-refractivity contribution >= 4 is 11.0 Å². The summed E-state index contributed by atoms with van der Waals surface area (Å²) in [6.45, 7) is 5.67. The number of aromatic nitrogens is 1. The first-order chi connectivity index (χ1) is 14.6. The summed E-state index contributed by atoms with van der Waals surface area (Å²) in [7, 11) is 4.13. The average molecular weight is 408 g/mol. The average Bonchev–Trinajstić information content (AvgIpc) is 3.17. The van der Waals surface area contributed by atoms with Crippen LogP contribution in [0.5, 0.6) is 5.75 Å². The molecule has 1 aliphatic rings. The maximum absolute atomic E-state index is 6.22. The minimum Gasteiger partial charge on any atom is -0.488 e. The second kappa shape index (κ2) is 9.63. The summed E-state index contributed by atoms with van der Waals surface area (Å²) in [4.78, 5) is 2.14. The van der Waals surface area contributed by atoms with Crippen molar-refractivity contribution in [3.8, 4) is 5.75 Å². The summed E-state index contributed by atoms with van der Waals surface area (Å²) in [5, 5.41) is 9.02. The van der Waals surface area contributed by atoms with E-state index in [4.69, 9.17) is 9.26 Å². The Balaban J connectivity index is 1.53. The van der Waals surface area contributed by atoms with E-state index in [2.05, 4.69) is 72.8 Å². The first kappa shape index (κ1) is 20.9. The van der Waals surface area contributed by atoms with Crippen molar-refractivity contribution in [1.29, 1.82) is 0 Å². The molecule has 0 atom stereocenters. The molecular formula is C25H33N3O2. The van der Waals surface area contributed by atoms with E-state index in [1.807, 2.05) is 0 Å². The molecule has 0 saturated carbocycles. The number of benzene rings is 2. The molecule has 2 heterocycles. The SMILES string of the molecule is Cc1ccc(COc2ccc3c(CCC4CCNCC4)noc3c2CN(C)C)cc1. The maximum atomic E-state index is 6.22. The van der Waals surface area contributed by atoms with Crippen LogP contribution in [-0.2, 0) is 19.6 Å². The van der Waals surface area contributed by atoms with Crippen LogP contribution in [0.1, 0.15) is 41.6 Å². The summed E-state index contributed by atoms with van der Waals surface area (Å²) >= 11 is 0. The molecule has 3 aromatic rings. The first-order valence-corrected chi connectivity index (χ1v) is 11.0. The van der Waals surface area contributed by atoms with Gasteiger partial charge in [0.2, 0.25) is 0 Å². The van der Waals surface area contributed by atoms with Gasteiger partial charge in [0, 0.05) is 11.9 Å². The molecule has 0 spiro atoms. The zero-order valence-electron chi connectivity index (χ0n) is 18.4. The first-order valence-electron chi connectivity index (χ1n) is 11.0. The van der Waals surface area contributed by atoms with Crippen LogP contribution >= 0.6 is 0 Å². The van der Waals surface area contributed by atoms with E-state index in [0.717, 1.165) is 65.5 Å². The van der Waals surface area contributed by atoms with Gasteiger partial charge in [-0.05, 0) is 83.4 Å². The zero-order chi connectivity index (χ0) is 20.9. The Morgan fingerprint density at radius 2 is 1.87 bits per heavy atom. The van der Waals surface area contributed by atoms with E-state index in [0.29, 0.717) is 6.61 Å². The molecule has 2 aromatic carbocycles. The van der Waals surface area contributed by atoms with Crippen molar-refractivity contribution in [2.24, 2.45) is 5.92 Å². The van der Waals surface area contributed by atoms with Gasteiger partial charge in [-0.25, -0.2) is 0 Å². The van der Waals surface area contributed by atoms with Crippen LogP contribution in [0.25, 0.3) is 11.0 Å². The number of fused-ring (bicyclic) bond motifs is 1. The molecule has 0 bridgehead atoms. The standard InChI is InChI=1S/C25H33N3O2/c1-18-4-6-20(7-5-18)17-29-24-11-9-21-23(10-8-19-12-14-26-15-13-19)27-30-25(21)22(24)16-28(2)3/h4-7,9,11,19,26H,8,10,12-17H2,1-3H3. The molecule has 0 radical (unpaired) electrons. The highest BCUT2D eigenvalue weighted by atomic mass is 16.5. The second-order valence-electron chi connectivity index (χ2n) is 8.79. The van der Waals surface area contributed by atoms with E-state index in [1.54, 1.807) is 0 Å². The molecule has 30 heavy (non-hydrogen) atoms. The Morgan fingerprint density at radius 3 is 2.60 bits per heavy atom. The third kappa shape index (κ3) is 5.02. The lowest BCUT2D eigenvalue weighted by Gasteiger charge is -2.21. The Hall–Kier alpha value is -2.37.